The van der Waals surface area contributed by atoms with Crippen molar-refractivity contribution in [2.45, 2.75) is 13.1 Å². The summed E-state index contributed by atoms with van der Waals surface area (Å²) in [5, 5.41) is 5.50. The van der Waals surface area contributed by atoms with Crippen LogP contribution in [-0.4, -0.2) is 34.0 Å². The number of nitrogens with two attached hydrogens (primary N) is 1. The van der Waals surface area contributed by atoms with E-state index in [1.807, 2.05) is 49.5 Å². The summed E-state index contributed by atoms with van der Waals surface area (Å²) in [6, 6.07) is 22.3. The Morgan fingerprint density at radius 2 is 1.67 bits per heavy atom. The zero-order chi connectivity index (χ0) is 20.9. The van der Waals surface area contributed by atoms with Crippen LogP contribution in [0.25, 0.3) is 10.8 Å². The molecule has 7 nitrogen and oxygen atoms in total. The van der Waals surface area contributed by atoms with Crippen LogP contribution >= 0.6 is 0 Å². The summed E-state index contributed by atoms with van der Waals surface area (Å²) in [6.07, 6.45) is 0. The number of methoxy groups -OCH3 is 1. The number of nitrogen functional groups attached to an aromatic ring is 1. The minimum Gasteiger partial charge on any atom is -0.497 e. The van der Waals surface area contributed by atoms with Gasteiger partial charge in [-0.05, 0) is 53.7 Å². The Bertz CT molecular complexity index is 1150. The first-order valence-corrected chi connectivity index (χ1v) is 9.67. The molecule has 0 bridgehead atoms. The number of nitrogens with zero attached hydrogens (tertiary/aromatic N) is 4. The van der Waals surface area contributed by atoms with Crippen LogP contribution in [0.3, 0.4) is 0 Å². The van der Waals surface area contributed by atoms with Gasteiger partial charge in [0.1, 0.15) is 11.6 Å². The molecule has 0 spiro atoms. The van der Waals surface area contributed by atoms with E-state index in [0.29, 0.717) is 18.3 Å². The van der Waals surface area contributed by atoms with Gasteiger partial charge in [-0.25, -0.2) is 0 Å². The van der Waals surface area contributed by atoms with Gasteiger partial charge in [-0.2, -0.15) is 15.0 Å². The molecule has 4 aromatic rings. The number of ether oxygens (including phenoxy) is 1. The fourth-order valence-corrected chi connectivity index (χ4v) is 3.32. The molecule has 0 radical (unpaired) electrons. The molecule has 7 heteroatoms. The molecule has 1 heterocycles. The molecule has 0 aliphatic carbocycles. The minimum absolute atomic E-state index is 0.200. The van der Waals surface area contributed by atoms with Gasteiger partial charge in [0.2, 0.25) is 11.9 Å². The predicted octanol–water partition coefficient (Wildman–Crippen LogP) is 3.99. The van der Waals surface area contributed by atoms with Crippen molar-refractivity contribution in [3.8, 4) is 5.75 Å². The quantitative estimate of drug-likeness (QED) is 0.485. The first-order chi connectivity index (χ1) is 14.6. The van der Waals surface area contributed by atoms with E-state index in [0.717, 1.165) is 23.4 Å². The zero-order valence-corrected chi connectivity index (χ0v) is 17.0. The van der Waals surface area contributed by atoms with Crippen LogP contribution in [0.15, 0.2) is 66.7 Å². The van der Waals surface area contributed by atoms with Crippen molar-refractivity contribution in [1.29, 1.82) is 0 Å². The molecule has 152 valence electrons. The van der Waals surface area contributed by atoms with E-state index in [9.17, 15) is 0 Å². The number of nitrogens with one attached hydrogen (secondary N) is 1. The fraction of sp³-hybridized carbons (Fsp3) is 0.174. The SMILES string of the molecule is COc1ccc2cc(CN(C)Cc3nc(N)nc(Nc4ccccc4)n3)ccc2c1. The zero-order valence-electron chi connectivity index (χ0n) is 17.0. The summed E-state index contributed by atoms with van der Waals surface area (Å²) in [4.78, 5) is 15.1. The number of rotatable bonds is 7. The maximum Gasteiger partial charge on any atom is 0.232 e. The Morgan fingerprint density at radius 3 is 2.47 bits per heavy atom. The molecule has 3 aromatic carbocycles. The highest BCUT2D eigenvalue weighted by atomic mass is 16.5. The van der Waals surface area contributed by atoms with E-state index in [-0.39, 0.29) is 5.95 Å². The number of fused-ring (bicyclic) bond motifs is 1. The lowest BCUT2D eigenvalue weighted by atomic mass is 10.1. The van der Waals surface area contributed by atoms with Crippen LogP contribution in [0.1, 0.15) is 11.4 Å². The first kappa shape index (κ1) is 19.6. The largest absolute Gasteiger partial charge is 0.497 e. The van der Waals surface area contributed by atoms with Gasteiger partial charge < -0.3 is 15.8 Å². The maximum atomic E-state index is 5.90. The molecule has 0 unspecified atom stereocenters. The molecule has 4 rings (SSSR count). The van der Waals surface area contributed by atoms with Gasteiger partial charge in [-0.3, -0.25) is 4.90 Å². The van der Waals surface area contributed by atoms with Crippen LogP contribution in [0.4, 0.5) is 17.6 Å². The summed E-state index contributed by atoms with van der Waals surface area (Å²) in [7, 11) is 3.71. The van der Waals surface area contributed by atoms with Crippen molar-refractivity contribution >= 4 is 28.4 Å². The average Bonchev–Trinajstić information content (AvgIpc) is 2.73. The van der Waals surface area contributed by atoms with Crippen molar-refractivity contribution in [3.05, 3.63) is 78.1 Å². The number of aromatic nitrogens is 3. The second-order valence-corrected chi connectivity index (χ2v) is 7.14. The highest BCUT2D eigenvalue weighted by molar-refractivity contribution is 5.84. The fourth-order valence-electron chi connectivity index (χ4n) is 3.32. The van der Waals surface area contributed by atoms with E-state index < -0.39 is 0 Å². The summed E-state index contributed by atoms with van der Waals surface area (Å²) in [5.41, 5.74) is 8.00. The monoisotopic (exact) mass is 400 g/mol. The minimum atomic E-state index is 0.200. The van der Waals surface area contributed by atoms with Gasteiger partial charge in [0.25, 0.3) is 0 Å². The van der Waals surface area contributed by atoms with Gasteiger partial charge >= 0.3 is 0 Å². The molecule has 1 aromatic heterocycles. The van der Waals surface area contributed by atoms with Gasteiger partial charge in [0, 0.05) is 12.2 Å². The van der Waals surface area contributed by atoms with Crippen LogP contribution in [0.5, 0.6) is 5.75 Å². The van der Waals surface area contributed by atoms with Crippen LogP contribution in [0, 0.1) is 0 Å². The Kier molecular flexibility index (Phi) is 5.72. The summed E-state index contributed by atoms with van der Waals surface area (Å²) in [6.45, 7) is 1.31. The normalized spacial score (nSPS) is 11.0. The molecule has 30 heavy (non-hydrogen) atoms. The lowest BCUT2D eigenvalue weighted by molar-refractivity contribution is 0.310. The van der Waals surface area contributed by atoms with Crippen molar-refractivity contribution in [1.82, 2.24) is 19.9 Å². The molecule has 0 saturated carbocycles. The Balaban J connectivity index is 1.45. The van der Waals surface area contributed by atoms with Gasteiger partial charge in [0.05, 0.1) is 13.7 Å². The van der Waals surface area contributed by atoms with Gasteiger partial charge in [0.15, 0.2) is 0 Å². The Hall–Kier alpha value is -3.71. The highest BCUT2D eigenvalue weighted by Gasteiger charge is 2.09. The Morgan fingerprint density at radius 1 is 0.900 bits per heavy atom. The number of para-hydroxylation sites is 1. The highest BCUT2D eigenvalue weighted by Crippen LogP contribution is 2.22. The smallest absolute Gasteiger partial charge is 0.232 e. The van der Waals surface area contributed by atoms with E-state index in [1.54, 1.807) is 7.11 Å². The van der Waals surface area contributed by atoms with Crippen LogP contribution in [-0.2, 0) is 13.1 Å². The number of hydrogen-bond donors (Lipinski definition) is 2. The number of hydrogen-bond acceptors (Lipinski definition) is 7. The molecule has 0 amide bonds. The maximum absolute atomic E-state index is 5.90. The molecule has 3 N–H and O–H groups in total. The third-order valence-corrected chi connectivity index (χ3v) is 4.70. The molecule has 0 atom stereocenters. The molecule has 0 fully saturated rings. The number of anilines is 3. The topological polar surface area (TPSA) is 89.2 Å². The van der Waals surface area contributed by atoms with E-state index in [2.05, 4.69) is 49.4 Å². The number of benzene rings is 3. The van der Waals surface area contributed by atoms with Gasteiger partial charge in [-0.1, -0.05) is 36.4 Å². The lowest BCUT2D eigenvalue weighted by Crippen LogP contribution is -2.20. The predicted molar refractivity (Wildman–Crippen MR) is 120 cm³/mol. The van der Waals surface area contributed by atoms with Crippen molar-refractivity contribution in [3.63, 3.8) is 0 Å². The summed E-state index contributed by atoms with van der Waals surface area (Å²) in [5.74, 6) is 2.12. The summed E-state index contributed by atoms with van der Waals surface area (Å²) >= 11 is 0. The molecule has 0 saturated heterocycles. The first-order valence-electron chi connectivity index (χ1n) is 9.67. The van der Waals surface area contributed by atoms with Crippen LogP contribution in [0.2, 0.25) is 0 Å². The molecular weight excluding hydrogens is 376 g/mol. The molecule has 0 aliphatic heterocycles. The molecule has 0 aliphatic rings. The van der Waals surface area contributed by atoms with E-state index in [4.69, 9.17) is 10.5 Å². The second-order valence-electron chi connectivity index (χ2n) is 7.14. The van der Waals surface area contributed by atoms with Crippen LogP contribution < -0.4 is 15.8 Å². The summed E-state index contributed by atoms with van der Waals surface area (Å²) < 4.78 is 5.30. The van der Waals surface area contributed by atoms with E-state index >= 15 is 0 Å². The third kappa shape index (κ3) is 4.82. The average molecular weight is 400 g/mol. The Labute approximate surface area is 175 Å². The van der Waals surface area contributed by atoms with Gasteiger partial charge in [-0.15, -0.1) is 0 Å². The third-order valence-electron chi connectivity index (χ3n) is 4.70. The van der Waals surface area contributed by atoms with Crippen molar-refractivity contribution in [2.75, 3.05) is 25.2 Å². The standard InChI is InChI=1S/C23H24N6O/c1-29(14-16-8-9-18-13-20(30-2)11-10-17(18)12-16)15-21-26-22(24)28-23(27-21)25-19-6-4-3-5-7-19/h3-13H,14-15H2,1-2H3,(H3,24,25,26,27,28). The van der Waals surface area contributed by atoms with Crippen molar-refractivity contribution in [2.24, 2.45) is 0 Å². The second kappa shape index (κ2) is 8.75. The molecular formula is C23H24N6O. The van der Waals surface area contributed by atoms with E-state index in [1.165, 1.54) is 10.9 Å². The lowest BCUT2D eigenvalue weighted by Gasteiger charge is -2.17. The van der Waals surface area contributed by atoms with Crippen molar-refractivity contribution < 1.29 is 4.74 Å².